The van der Waals surface area contributed by atoms with Crippen molar-refractivity contribution in [2.24, 2.45) is 4.99 Å². The SMILES string of the molecule is C=NCCCn1c(=O)ccc2cnc(NC3CCCCC3)nc21. The minimum Gasteiger partial charge on any atom is -0.351 e. The summed E-state index contributed by atoms with van der Waals surface area (Å²) in [6, 6.07) is 3.79. The van der Waals surface area contributed by atoms with E-state index >= 15 is 0 Å². The Bertz CT molecular complexity index is 733. The number of rotatable bonds is 6. The van der Waals surface area contributed by atoms with Crippen LogP contribution in [0.2, 0.25) is 0 Å². The summed E-state index contributed by atoms with van der Waals surface area (Å²) >= 11 is 0. The largest absolute Gasteiger partial charge is 0.351 e. The third kappa shape index (κ3) is 3.75. The van der Waals surface area contributed by atoms with E-state index < -0.39 is 0 Å². The standard InChI is InChI=1S/C17H23N5O/c1-18-10-5-11-22-15(23)9-8-13-12-19-17(21-16(13)22)20-14-6-3-2-4-7-14/h8-9,12,14H,1-7,10-11H2,(H,19,20,21). The quantitative estimate of drug-likeness (QED) is 0.657. The number of hydrogen-bond acceptors (Lipinski definition) is 5. The van der Waals surface area contributed by atoms with Crippen molar-refractivity contribution in [3.05, 3.63) is 28.7 Å². The zero-order valence-corrected chi connectivity index (χ0v) is 13.4. The second kappa shape index (κ2) is 7.35. The number of hydrogen-bond donors (Lipinski definition) is 1. The Labute approximate surface area is 135 Å². The summed E-state index contributed by atoms with van der Waals surface area (Å²) in [5, 5.41) is 4.30. The first kappa shape index (κ1) is 15.6. The van der Waals surface area contributed by atoms with Gasteiger partial charge in [0.15, 0.2) is 0 Å². The van der Waals surface area contributed by atoms with Crippen molar-refractivity contribution in [3.63, 3.8) is 0 Å². The molecule has 0 atom stereocenters. The molecule has 6 heteroatoms. The second-order valence-corrected chi connectivity index (χ2v) is 6.08. The van der Waals surface area contributed by atoms with Crippen molar-refractivity contribution in [2.75, 3.05) is 11.9 Å². The number of pyridine rings is 1. The number of aryl methyl sites for hydroxylation is 1. The molecule has 0 bridgehead atoms. The van der Waals surface area contributed by atoms with Crippen molar-refractivity contribution in [1.82, 2.24) is 14.5 Å². The number of aromatic nitrogens is 3. The summed E-state index contributed by atoms with van der Waals surface area (Å²) < 4.78 is 1.70. The first-order chi connectivity index (χ1) is 11.3. The van der Waals surface area contributed by atoms with Gasteiger partial charge in [-0.3, -0.25) is 9.36 Å². The Balaban J connectivity index is 1.88. The molecule has 1 fully saturated rings. The Morgan fingerprint density at radius 1 is 1.30 bits per heavy atom. The lowest BCUT2D eigenvalue weighted by atomic mass is 9.96. The van der Waals surface area contributed by atoms with Crippen molar-refractivity contribution in [1.29, 1.82) is 0 Å². The smallest absolute Gasteiger partial charge is 0.252 e. The van der Waals surface area contributed by atoms with Crippen LogP contribution in [0.1, 0.15) is 38.5 Å². The number of fused-ring (bicyclic) bond motifs is 1. The van der Waals surface area contributed by atoms with Crippen LogP contribution in [0.5, 0.6) is 0 Å². The van der Waals surface area contributed by atoms with Crippen molar-refractivity contribution in [2.45, 2.75) is 51.1 Å². The summed E-state index contributed by atoms with van der Waals surface area (Å²) in [5.74, 6) is 0.616. The van der Waals surface area contributed by atoms with E-state index in [1.807, 2.05) is 0 Å². The molecule has 1 aliphatic carbocycles. The van der Waals surface area contributed by atoms with Gasteiger partial charge < -0.3 is 10.3 Å². The molecule has 0 amide bonds. The van der Waals surface area contributed by atoms with E-state index in [-0.39, 0.29) is 5.56 Å². The van der Waals surface area contributed by atoms with Crippen LogP contribution in [0.4, 0.5) is 5.95 Å². The molecule has 1 saturated carbocycles. The van der Waals surface area contributed by atoms with Crippen LogP contribution in [-0.2, 0) is 6.54 Å². The fourth-order valence-corrected chi connectivity index (χ4v) is 3.13. The highest BCUT2D eigenvalue weighted by Crippen LogP contribution is 2.20. The minimum absolute atomic E-state index is 0.0381. The van der Waals surface area contributed by atoms with Gasteiger partial charge >= 0.3 is 0 Å². The van der Waals surface area contributed by atoms with E-state index in [9.17, 15) is 4.79 Å². The predicted molar refractivity (Wildman–Crippen MR) is 93.3 cm³/mol. The van der Waals surface area contributed by atoms with E-state index in [4.69, 9.17) is 0 Å². The molecule has 6 nitrogen and oxygen atoms in total. The third-order valence-corrected chi connectivity index (χ3v) is 4.36. The summed E-state index contributed by atoms with van der Waals surface area (Å²) in [6.07, 6.45) is 8.71. The molecule has 3 rings (SSSR count). The number of nitrogens with zero attached hydrogens (tertiary/aromatic N) is 4. The summed E-state index contributed by atoms with van der Waals surface area (Å²) in [6.45, 7) is 4.72. The zero-order valence-electron chi connectivity index (χ0n) is 13.4. The van der Waals surface area contributed by atoms with E-state index in [2.05, 4.69) is 27.0 Å². The van der Waals surface area contributed by atoms with Crippen LogP contribution >= 0.6 is 0 Å². The summed E-state index contributed by atoms with van der Waals surface area (Å²) in [5.41, 5.74) is 0.652. The lowest BCUT2D eigenvalue weighted by molar-refractivity contribution is 0.461. The van der Waals surface area contributed by atoms with Crippen molar-refractivity contribution < 1.29 is 0 Å². The van der Waals surface area contributed by atoms with Crippen LogP contribution < -0.4 is 10.9 Å². The maximum absolute atomic E-state index is 12.2. The molecular formula is C17H23N5O. The lowest BCUT2D eigenvalue weighted by Crippen LogP contribution is -2.25. The molecular weight excluding hydrogens is 290 g/mol. The minimum atomic E-state index is -0.0381. The van der Waals surface area contributed by atoms with Crippen LogP contribution in [0.25, 0.3) is 11.0 Å². The molecule has 23 heavy (non-hydrogen) atoms. The molecule has 2 aromatic rings. The van der Waals surface area contributed by atoms with Crippen molar-refractivity contribution >= 4 is 23.7 Å². The molecule has 1 aliphatic rings. The zero-order chi connectivity index (χ0) is 16.1. The van der Waals surface area contributed by atoms with Crippen molar-refractivity contribution in [3.8, 4) is 0 Å². The molecule has 2 aromatic heterocycles. The first-order valence-electron chi connectivity index (χ1n) is 8.33. The van der Waals surface area contributed by atoms with Crippen LogP contribution in [0.15, 0.2) is 28.1 Å². The predicted octanol–water partition coefficient (Wildman–Crippen LogP) is 2.63. The van der Waals surface area contributed by atoms with Gasteiger partial charge in [-0.25, -0.2) is 4.98 Å². The fourth-order valence-electron chi connectivity index (χ4n) is 3.13. The van der Waals surface area contributed by atoms with Gasteiger partial charge in [-0.05, 0) is 32.0 Å². The summed E-state index contributed by atoms with van der Waals surface area (Å²) in [4.78, 5) is 25.0. The van der Waals surface area contributed by atoms with Gasteiger partial charge in [0.05, 0.1) is 0 Å². The van der Waals surface area contributed by atoms with Gasteiger partial charge in [-0.2, -0.15) is 4.98 Å². The first-order valence-corrected chi connectivity index (χ1v) is 8.33. The fraction of sp³-hybridized carbons (Fsp3) is 0.529. The monoisotopic (exact) mass is 313 g/mol. The Hall–Kier alpha value is -2.24. The number of anilines is 1. The molecule has 0 radical (unpaired) electrons. The van der Waals surface area contributed by atoms with Gasteiger partial charge in [-0.1, -0.05) is 19.3 Å². The Kier molecular flexibility index (Phi) is 5.00. The topological polar surface area (TPSA) is 72.2 Å². The number of aliphatic imine (C=N–C) groups is 1. The maximum Gasteiger partial charge on any atom is 0.252 e. The highest BCUT2D eigenvalue weighted by Gasteiger charge is 2.15. The Morgan fingerprint density at radius 3 is 2.91 bits per heavy atom. The summed E-state index contributed by atoms with van der Waals surface area (Å²) in [7, 11) is 0. The average Bonchev–Trinajstić information content (AvgIpc) is 2.58. The molecule has 0 aromatic carbocycles. The number of nitrogens with one attached hydrogen (secondary N) is 1. The van der Waals surface area contributed by atoms with Gasteiger partial charge in [0.25, 0.3) is 5.56 Å². The molecule has 122 valence electrons. The molecule has 0 spiro atoms. The van der Waals surface area contributed by atoms with Crippen LogP contribution in [0, 0.1) is 0 Å². The molecule has 0 unspecified atom stereocenters. The van der Waals surface area contributed by atoms with E-state index in [0.717, 1.165) is 24.6 Å². The third-order valence-electron chi connectivity index (χ3n) is 4.36. The lowest BCUT2D eigenvalue weighted by Gasteiger charge is -2.22. The normalized spacial score (nSPS) is 15.7. The van der Waals surface area contributed by atoms with Gasteiger partial charge in [0, 0.05) is 36.8 Å². The van der Waals surface area contributed by atoms with Gasteiger partial charge in [-0.15, -0.1) is 0 Å². The van der Waals surface area contributed by atoms with Gasteiger partial charge in [0.1, 0.15) is 5.65 Å². The molecule has 2 heterocycles. The average molecular weight is 313 g/mol. The van der Waals surface area contributed by atoms with Crippen LogP contribution in [0.3, 0.4) is 0 Å². The van der Waals surface area contributed by atoms with E-state index in [1.54, 1.807) is 22.9 Å². The molecule has 1 N–H and O–H groups in total. The van der Waals surface area contributed by atoms with E-state index in [0.29, 0.717) is 30.7 Å². The molecule has 0 saturated heterocycles. The Morgan fingerprint density at radius 2 is 2.13 bits per heavy atom. The second-order valence-electron chi connectivity index (χ2n) is 6.08. The highest BCUT2D eigenvalue weighted by molar-refractivity contribution is 5.75. The molecule has 0 aliphatic heterocycles. The van der Waals surface area contributed by atoms with Gasteiger partial charge in [0.2, 0.25) is 5.95 Å². The van der Waals surface area contributed by atoms with Crippen LogP contribution in [-0.4, -0.2) is 33.8 Å². The van der Waals surface area contributed by atoms with E-state index in [1.165, 1.54) is 19.3 Å². The highest BCUT2D eigenvalue weighted by atomic mass is 16.1. The maximum atomic E-state index is 12.2.